The van der Waals surface area contributed by atoms with E-state index in [-0.39, 0.29) is 5.75 Å². The smallest absolute Gasteiger partial charge is 0.140 e. The molecule has 0 saturated carbocycles. The highest BCUT2D eigenvalue weighted by Gasteiger charge is 2.09. The van der Waals surface area contributed by atoms with Crippen LogP contribution in [0.2, 0.25) is 0 Å². The summed E-state index contributed by atoms with van der Waals surface area (Å²) in [6, 6.07) is 16.8. The molecular formula is C18H15N5O. The molecule has 0 radical (unpaired) electrons. The molecule has 2 aromatic carbocycles. The van der Waals surface area contributed by atoms with Crippen LogP contribution in [0, 0.1) is 0 Å². The molecule has 6 nitrogen and oxygen atoms in total. The lowest BCUT2D eigenvalue weighted by atomic mass is 10.2. The van der Waals surface area contributed by atoms with Gasteiger partial charge in [-0.15, -0.1) is 0 Å². The van der Waals surface area contributed by atoms with Gasteiger partial charge >= 0.3 is 0 Å². The number of hydrogen-bond donors (Lipinski definition) is 1. The maximum absolute atomic E-state index is 9.66. The van der Waals surface area contributed by atoms with Crippen LogP contribution in [0.5, 0.6) is 5.75 Å². The number of hydrogen-bond acceptors (Lipinski definition) is 4. The van der Waals surface area contributed by atoms with Crippen LogP contribution in [0.1, 0.15) is 5.69 Å². The molecule has 118 valence electrons. The first kappa shape index (κ1) is 14.2. The summed E-state index contributed by atoms with van der Waals surface area (Å²) in [5, 5.41) is 18.5. The molecule has 0 fully saturated rings. The molecule has 0 unspecified atom stereocenters. The molecular weight excluding hydrogens is 302 g/mol. The van der Waals surface area contributed by atoms with Gasteiger partial charge in [0.2, 0.25) is 0 Å². The topological polar surface area (TPSA) is 68.8 Å². The lowest BCUT2D eigenvalue weighted by molar-refractivity contribution is 0.475. The Bertz CT molecular complexity index is 958. The predicted octanol–water partition coefficient (Wildman–Crippen LogP) is 2.88. The van der Waals surface area contributed by atoms with Crippen LogP contribution in [0.25, 0.3) is 17.1 Å². The molecule has 0 bridgehead atoms. The zero-order valence-corrected chi connectivity index (χ0v) is 12.8. The summed E-state index contributed by atoms with van der Waals surface area (Å²) < 4.78 is 1.98. The van der Waals surface area contributed by atoms with E-state index in [1.54, 1.807) is 35.4 Å². The van der Waals surface area contributed by atoms with Crippen LogP contribution in [0.3, 0.4) is 0 Å². The van der Waals surface area contributed by atoms with E-state index in [0.717, 1.165) is 22.8 Å². The van der Waals surface area contributed by atoms with Gasteiger partial charge < -0.3 is 9.67 Å². The lowest BCUT2D eigenvalue weighted by Crippen LogP contribution is -2.03. The van der Waals surface area contributed by atoms with Gasteiger partial charge in [-0.2, -0.15) is 15.0 Å². The molecule has 0 atom stereocenters. The number of benzene rings is 2. The minimum absolute atomic E-state index is 0.220. The SMILES string of the molecule is Oc1cccc(-c2nccn2Cc2cnn(-c3ccccc3)n2)c1. The van der Waals surface area contributed by atoms with E-state index >= 15 is 0 Å². The molecule has 4 rings (SSSR count). The van der Waals surface area contributed by atoms with Gasteiger partial charge in [0.05, 0.1) is 18.4 Å². The van der Waals surface area contributed by atoms with Crippen LogP contribution in [-0.2, 0) is 6.54 Å². The van der Waals surface area contributed by atoms with Crippen LogP contribution in [-0.4, -0.2) is 29.7 Å². The first-order valence-corrected chi connectivity index (χ1v) is 7.57. The fourth-order valence-electron chi connectivity index (χ4n) is 2.57. The minimum atomic E-state index is 0.220. The summed E-state index contributed by atoms with van der Waals surface area (Å²) in [4.78, 5) is 6.00. The second-order valence-corrected chi connectivity index (χ2v) is 5.39. The van der Waals surface area contributed by atoms with E-state index in [1.807, 2.05) is 47.2 Å². The van der Waals surface area contributed by atoms with Gasteiger partial charge in [-0.05, 0) is 24.3 Å². The Kier molecular flexibility index (Phi) is 3.55. The van der Waals surface area contributed by atoms with Gasteiger partial charge in [0.25, 0.3) is 0 Å². The van der Waals surface area contributed by atoms with Crippen molar-refractivity contribution in [1.29, 1.82) is 0 Å². The number of aromatic hydroxyl groups is 1. The van der Waals surface area contributed by atoms with Crippen molar-refractivity contribution in [2.75, 3.05) is 0 Å². The third kappa shape index (κ3) is 2.77. The highest BCUT2D eigenvalue weighted by atomic mass is 16.3. The van der Waals surface area contributed by atoms with Crippen molar-refractivity contribution in [3.63, 3.8) is 0 Å². The standard InChI is InChI=1S/C18H15N5O/c24-17-8-4-5-14(11-17)18-19-9-10-22(18)13-15-12-20-23(21-15)16-6-2-1-3-7-16/h1-12,24H,13H2. The summed E-state index contributed by atoms with van der Waals surface area (Å²) >= 11 is 0. The number of nitrogens with zero attached hydrogens (tertiary/aromatic N) is 5. The molecule has 24 heavy (non-hydrogen) atoms. The number of aromatic nitrogens is 5. The van der Waals surface area contributed by atoms with Crippen LogP contribution >= 0.6 is 0 Å². The molecule has 0 aliphatic carbocycles. The van der Waals surface area contributed by atoms with Crippen molar-refractivity contribution in [1.82, 2.24) is 24.5 Å². The van der Waals surface area contributed by atoms with Gasteiger partial charge in [-0.3, -0.25) is 0 Å². The summed E-state index contributed by atoms with van der Waals surface area (Å²) in [5.41, 5.74) is 2.61. The molecule has 2 heterocycles. The number of imidazole rings is 1. The average Bonchev–Trinajstić information content (AvgIpc) is 3.26. The molecule has 0 saturated heterocycles. The zero-order valence-electron chi connectivity index (χ0n) is 12.8. The number of rotatable bonds is 4. The largest absolute Gasteiger partial charge is 0.508 e. The highest BCUT2D eigenvalue weighted by molar-refractivity contribution is 5.57. The fourth-order valence-corrected chi connectivity index (χ4v) is 2.57. The maximum atomic E-state index is 9.66. The van der Waals surface area contributed by atoms with Gasteiger partial charge in [0.15, 0.2) is 0 Å². The Labute approximate surface area is 138 Å². The minimum Gasteiger partial charge on any atom is -0.508 e. The summed E-state index contributed by atoms with van der Waals surface area (Å²) in [5.74, 6) is 0.997. The van der Waals surface area contributed by atoms with Crippen molar-refractivity contribution in [2.45, 2.75) is 6.54 Å². The van der Waals surface area contributed by atoms with Gasteiger partial charge in [0, 0.05) is 18.0 Å². The fraction of sp³-hybridized carbons (Fsp3) is 0.0556. The summed E-state index contributed by atoms with van der Waals surface area (Å²) in [6.45, 7) is 0.553. The lowest BCUT2D eigenvalue weighted by Gasteiger charge is -2.06. The molecule has 0 spiro atoms. The van der Waals surface area contributed by atoms with Crippen molar-refractivity contribution in [2.24, 2.45) is 0 Å². The Balaban J connectivity index is 1.61. The summed E-state index contributed by atoms with van der Waals surface area (Å²) in [6.07, 6.45) is 5.38. The second-order valence-electron chi connectivity index (χ2n) is 5.39. The van der Waals surface area contributed by atoms with Crippen molar-refractivity contribution in [3.05, 3.63) is 78.9 Å². The van der Waals surface area contributed by atoms with E-state index < -0.39 is 0 Å². The zero-order chi connectivity index (χ0) is 16.4. The van der Waals surface area contributed by atoms with Crippen molar-refractivity contribution >= 4 is 0 Å². The van der Waals surface area contributed by atoms with Crippen molar-refractivity contribution < 1.29 is 5.11 Å². The van der Waals surface area contributed by atoms with E-state index in [0.29, 0.717) is 6.54 Å². The number of para-hydroxylation sites is 1. The average molecular weight is 317 g/mol. The molecule has 0 aliphatic rings. The number of phenolic OH excluding ortho intramolecular Hbond substituents is 1. The molecule has 0 amide bonds. The van der Waals surface area contributed by atoms with Crippen LogP contribution in [0.15, 0.2) is 73.2 Å². The van der Waals surface area contributed by atoms with Gasteiger partial charge in [0.1, 0.15) is 17.3 Å². The Morgan fingerprint density at radius 2 is 1.88 bits per heavy atom. The van der Waals surface area contributed by atoms with E-state index in [2.05, 4.69) is 15.2 Å². The molecule has 4 aromatic rings. The Morgan fingerprint density at radius 3 is 2.71 bits per heavy atom. The second kappa shape index (κ2) is 6.00. The van der Waals surface area contributed by atoms with E-state index in [9.17, 15) is 5.11 Å². The van der Waals surface area contributed by atoms with Crippen LogP contribution < -0.4 is 0 Å². The third-order valence-electron chi connectivity index (χ3n) is 3.68. The molecule has 2 aromatic heterocycles. The normalized spacial score (nSPS) is 10.8. The Hall–Kier alpha value is -3.41. The number of phenols is 1. The van der Waals surface area contributed by atoms with E-state index in [1.165, 1.54) is 0 Å². The monoisotopic (exact) mass is 317 g/mol. The summed E-state index contributed by atoms with van der Waals surface area (Å²) in [7, 11) is 0. The van der Waals surface area contributed by atoms with Crippen LogP contribution in [0.4, 0.5) is 0 Å². The maximum Gasteiger partial charge on any atom is 0.140 e. The Morgan fingerprint density at radius 1 is 1.00 bits per heavy atom. The first-order chi connectivity index (χ1) is 11.8. The molecule has 6 heteroatoms. The molecule has 1 N–H and O–H groups in total. The van der Waals surface area contributed by atoms with Gasteiger partial charge in [-0.25, -0.2) is 4.98 Å². The predicted molar refractivity (Wildman–Crippen MR) is 89.8 cm³/mol. The van der Waals surface area contributed by atoms with Gasteiger partial charge in [-0.1, -0.05) is 30.3 Å². The van der Waals surface area contributed by atoms with E-state index in [4.69, 9.17) is 0 Å². The first-order valence-electron chi connectivity index (χ1n) is 7.57. The highest BCUT2D eigenvalue weighted by Crippen LogP contribution is 2.22. The molecule has 0 aliphatic heterocycles. The third-order valence-corrected chi connectivity index (χ3v) is 3.68. The quantitative estimate of drug-likeness (QED) is 0.628. The van der Waals surface area contributed by atoms with Crippen molar-refractivity contribution in [3.8, 4) is 22.8 Å².